The van der Waals surface area contributed by atoms with Crippen LogP contribution in [-0.2, 0) is 11.3 Å². The molecule has 0 aromatic heterocycles. The summed E-state index contributed by atoms with van der Waals surface area (Å²) in [5.74, 6) is 0.172. The molecular formula is C15H22N4O. The van der Waals surface area contributed by atoms with Crippen molar-refractivity contribution in [2.24, 2.45) is 11.7 Å². The first-order valence-corrected chi connectivity index (χ1v) is 6.67. The topological polar surface area (TPSA) is 82.2 Å². The molecule has 0 fully saturated rings. The molecule has 1 rings (SSSR count). The zero-order valence-electron chi connectivity index (χ0n) is 12.3. The maximum atomic E-state index is 10.9. The van der Waals surface area contributed by atoms with Crippen molar-refractivity contribution >= 4 is 11.6 Å². The van der Waals surface area contributed by atoms with Gasteiger partial charge in [0.2, 0.25) is 5.91 Å². The van der Waals surface area contributed by atoms with Crippen molar-refractivity contribution in [1.29, 1.82) is 5.26 Å². The lowest BCUT2D eigenvalue weighted by Crippen LogP contribution is -2.31. The van der Waals surface area contributed by atoms with Crippen LogP contribution in [0.3, 0.4) is 0 Å². The van der Waals surface area contributed by atoms with Gasteiger partial charge in [-0.25, -0.2) is 0 Å². The summed E-state index contributed by atoms with van der Waals surface area (Å²) < 4.78 is 0. The molecule has 20 heavy (non-hydrogen) atoms. The number of carbonyl (C=O) groups is 1. The Bertz CT molecular complexity index is 505. The Morgan fingerprint density at radius 2 is 2.20 bits per heavy atom. The van der Waals surface area contributed by atoms with Gasteiger partial charge >= 0.3 is 0 Å². The van der Waals surface area contributed by atoms with Crippen molar-refractivity contribution in [1.82, 2.24) is 5.32 Å². The van der Waals surface area contributed by atoms with E-state index in [1.807, 2.05) is 18.2 Å². The molecule has 0 unspecified atom stereocenters. The standard InChI is InChI=1S/C15H22N4O/c1-11(2)8-18-9-12-4-5-14(13(6-12)7-16)19(3)10-15(17)20/h4-6,11,18H,8-10H2,1-3H3,(H2,17,20). The molecule has 0 spiro atoms. The Morgan fingerprint density at radius 1 is 1.50 bits per heavy atom. The van der Waals surface area contributed by atoms with Crippen molar-refractivity contribution in [3.63, 3.8) is 0 Å². The highest BCUT2D eigenvalue weighted by atomic mass is 16.1. The number of primary amides is 1. The Morgan fingerprint density at radius 3 is 2.75 bits per heavy atom. The quantitative estimate of drug-likeness (QED) is 0.783. The maximum absolute atomic E-state index is 10.9. The molecule has 0 saturated heterocycles. The van der Waals surface area contributed by atoms with Crippen LogP contribution >= 0.6 is 0 Å². The van der Waals surface area contributed by atoms with Gasteiger partial charge in [0.1, 0.15) is 6.07 Å². The number of benzene rings is 1. The molecule has 3 N–H and O–H groups in total. The van der Waals surface area contributed by atoms with E-state index in [1.54, 1.807) is 11.9 Å². The predicted molar refractivity (Wildman–Crippen MR) is 80.2 cm³/mol. The number of nitrogens with one attached hydrogen (secondary N) is 1. The summed E-state index contributed by atoms with van der Waals surface area (Å²) in [6.07, 6.45) is 0. The van der Waals surface area contributed by atoms with E-state index in [4.69, 9.17) is 5.73 Å². The molecule has 0 radical (unpaired) electrons. The molecule has 1 aromatic rings. The van der Waals surface area contributed by atoms with Crippen molar-refractivity contribution in [2.45, 2.75) is 20.4 Å². The number of nitriles is 1. The summed E-state index contributed by atoms with van der Waals surface area (Å²) >= 11 is 0. The zero-order valence-corrected chi connectivity index (χ0v) is 12.3. The first kappa shape index (κ1) is 16.0. The molecule has 5 nitrogen and oxygen atoms in total. The van der Waals surface area contributed by atoms with Crippen molar-refractivity contribution in [3.05, 3.63) is 29.3 Å². The Hall–Kier alpha value is -2.06. The second-order valence-electron chi connectivity index (χ2n) is 5.31. The molecule has 5 heteroatoms. The van der Waals surface area contributed by atoms with E-state index < -0.39 is 5.91 Å². The fourth-order valence-corrected chi connectivity index (χ4v) is 1.94. The van der Waals surface area contributed by atoms with Gasteiger partial charge in [0, 0.05) is 13.6 Å². The van der Waals surface area contributed by atoms with Crippen LogP contribution in [0.5, 0.6) is 0 Å². The number of rotatable bonds is 7. The monoisotopic (exact) mass is 274 g/mol. The maximum Gasteiger partial charge on any atom is 0.236 e. The van der Waals surface area contributed by atoms with E-state index in [9.17, 15) is 10.1 Å². The summed E-state index contributed by atoms with van der Waals surface area (Å²) in [6, 6.07) is 7.83. The number of amides is 1. The van der Waals surface area contributed by atoms with Gasteiger partial charge in [-0.05, 0) is 30.2 Å². The number of nitrogens with zero attached hydrogens (tertiary/aromatic N) is 2. The average Bonchev–Trinajstić information content (AvgIpc) is 2.37. The lowest BCUT2D eigenvalue weighted by molar-refractivity contribution is -0.116. The first-order valence-electron chi connectivity index (χ1n) is 6.67. The third-order valence-corrected chi connectivity index (χ3v) is 2.87. The van der Waals surface area contributed by atoms with Crippen LogP contribution in [0.4, 0.5) is 5.69 Å². The molecule has 0 aliphatic heterocycles. The Balaban J connectivity index is 2.80. The van der Waals surface area contributed by atoms with Crippen LogP contribution in [-0.4, -0.2) is 26.0 Å². The molecule has 0 atom stereocenters. The van der Waals surface area contributed by atoms with Gasteiger partial charge in [0.15, 0.2) is 0 Å². The third kappa shape index (κ3) is 4.90. The van der Waals surface area contributed by atoms with Crippen LogP contribution in [0, 0.1) is 17.2 Å². The summed E-state index contributed by atoms with van der Waals surface area (Å²) in [5, 5.41) is 12.6. The summed E-state index contributed by atoms with van der Waals surface area (Å²) in [6.45, 7) is 6.06. The highest BCUT2D eigenvalue weighted by Gasteiger charge is 2.10. The SMILES string of the molecule is CC(C)CNCc1ccc(N(C)CC(N)=O)c(C#N)c1. The molecule has 1 amide bonds. The van der Waals surface area contributed by atoms with Gasteiger partial charge in [-0.1, -0.05) is 19.9 Å². The van der Waals surface area contributed by atoms with Crippen LogP contribution in [0.1, 0.15) is 25.0 Å². The number of hydrogen-bond acceptors (Lipinski definition) is 4. The second kappa shape index (κ2) is 7.51. The van der Waals surface area contributed by atoms with Crippen molar-refractivity contribution in [3.8, 4) is 6.07 Å². The molecule has 1 aromatic carbocycles. The van der Waals surface area contributed by atoms with Crippen LogP contribution in [0.25, 0.3) is 0 Å². The highest BCUT2D eigenvalue weighted by molar-refractivity contribution is 5.80. The molecule has 0 aliphatic rings. The average molecular weight is 274 g/mol. The first-order chi connectivity index (χ1) is 9.43. The predicted octanol–water partition coefficient (Wildman–Crippen LogP) is 1.23. The minimum absolute atomic E-state index is 0.0969. The number of carbonyl (C=O) groups excluding carboxylic acids is 1. The molecule has 0 aliphatic carbocycles. The van der Waals surface area contributed by atoms with Gasteiger partial charge < -0.3 is 16.0 Å². The third-order valence-electron chi connectivity index (χ3n) is 2.87. The number of likely N-dealkylation sites (N-methyl/N-ethyl adjacent to an activating group) is 1. The van der Waals surface area contributed by atoms with Gasteiger partial charge in [-0.3, -0.25) is 4.79 Å². The fourth-order valence-electron chi connectivity index (χ4n) is 1.94. The van der Waals surface area contributed by atoms with Crippen LogP contribution in [0.2, 0.25) is 0 Å². The summed E-state index contributed by atoms with van der Waals surface area (Å²) in [4.78, 5) is 12.6. The molecule has 0 heterocycles. The molecule has 0 bridgehead atoms. The van der Waals surface area contributed by atoms with Crippen LogP contribution < -0.4 is 16.0 Å². The minimum Gasteiger partial charge on any atom is -0.368 e. The van der Waals surface area contributed by atoms with E-state index in [-0.39, 0.29) is 6.54 Å². The number of hydrogen-bond donors (Lipinski definition) is 2. The zero-order chi connectivity index (χ0) is 15.1. The molecular weight excluding hydrogens is 252 g/mol. The number of nitrogens with two attached hydrogens (primary N) is 1. The highest BCUT2D eigenvalue weighted by Crippen LogP contribution is 2.20. The van der Waals surface area contributed by atoms with E-state index >= 15 is 0 Å². The molecule has 0 saturated carbocycles. The van der Waals surface area contributed by atoms with Gasteiger partial charge in [-0.15, -0.1) is 0 Å². The Labute approximate surface area is 120 Å². The smallest absolute Gasteiger partial charge is 0.236 e. The van der Waals surface area contributed by atoms with E-state index in [0.717, 1.165) is 24.3 Å². The summed E-state index contributed by atoms with van der Waals surface area (Å²) in [5.41, 5.74) is 7.50. The minimum atomic E-state index is -0.418. The molecule has 108 valence electrons. The largest absolute Gasteiger partial charge is 0.368 e. The van der Waals surface area contributed by atoms with Gasteiger partial charge in [-0.2, -0.15) is 5.26 Å². The van der Waals surface area contributed by atoms with Gasteiger partial charge in [0.25, 0.3) is 0 Å². The second-order valence-corrected chi connectivity index (χ2v) is 5.31. The van der Waals surface area contributed by atoms with Crippen molar-refractivity contribution in [2.75, 3.05) is 25.0 Å². The summed E-state index contributed by atoms with van der Waals surface area (Å²) in [7, 11) is 1.75. The Kier molecular flexibility index (Phi) is 6.01. The normalized spacial score (nSPS) is 10.3. The van der Waals surface area contributed by atoms with E-state index in [0.29, 0.717) is 11.5 Å². The number of anilines is 1. The van der Waals surface area contributed by atoms with Crippen molar-refractivity contribution < 1.29 is 4.79 Å². The van der Waals surface area contributed by atoms with E-state index in [2.05, 4.69) is 25.2 Å². The fraction of sp³-hybridized carbons (Fsp3) is 0.467. The lowest BCUT2D eigenvalue weighted by atomic mass is 10.1. The lowest BCUT2D eigenvalue weighted by Gasteiger charge is -2.19. The van der Waals surface area contributed by atoms with Gasteiger partial charge in [0.05, 0.1) is 17.8 Å². The van der Waals surface area contributed by atoms with E-state index in [1.165, 1.54) is 0 Å². The van der Waals surface area contributed by atoms with Crippen LogP contribution in [0.15, 0.2) is 18.2 Å².